The lowest BCUT2D eigenvalue weighted by atomic mass is 9.95. The predicted octanol–water partition coefficient (Wildman–Crippen LogP) is 5.24. The molecule has 1 fully saturated rings. The Bertz CT molecular complexity index is 979. The zero-order chi connectivity index (χ0) is 21.6. The van der Waals surface area contributed by atoms with E-state index in [1.54, 1.807) is 0 Å². The summed E-state index contributed by atoms with van der Waals surface area (Å²) in [5.74, 6) is 0.136. The van der Waals surface area contributed by atoms with Gasteiger partial charge in [0.05, 0.1) is 24.7 Å². The second kappa shape index (κ2) is 9.80. The van der Waals surface area contributed by atoms with Crippen molar-refractivity contribution in [1.82, 2.24) is 5.32 Å². The van der Waals surface area contributed by atoms with Gasteiger partial charge in [0, 0.05) is 0 Å². The topological polar surface area (TPSA) is 58.6 Å². The van der Waals surface area contributed by atoms with E-state index < -0.39 is 5.92 Å². The van der Waals surface area contributed by atoms with Crippen molar-refractivity contribution in [2.24, 2.45) is 0 Å². The van der Waals surface area contributed by atoms with E-state index in [4.69, 9.17) is 4.74 Å². The maximum Gasteiger partial charge on any atom is 0.230 e. The highest BCUT2D eigenvalue weighted by Gasteiger charge is 2.22. The highest BCUT2D eigenvalue weighted by molar-refractivity contribution is 5.84. The summed E-state index contributed by atoms with van der Waals surface area (Å²) < 4.78 is 5.92. The summed E-state index contributed by atoms with van der Waals surface area (Å²) in [7, 11) is 0. The fraction of sp³-hybridized carbons (Fsp3) is 0.296. The molecular formula is C27H29NO3. The minimum atomic E-state index is -0.599. The number of carbonyl (C=O) groups excluding carboxylic acids is 1. The molecule has 0 aliphatic heterocycles. The molecule has 31 heavy (non-hydrogen) atoms. The predicted molar refractivity (Wildman–Crippen MR) is 123 cm³/mol. The molecule has 0 radical (unpaired) electrons. The Morgan fingerprint density at radius 2 is 1.55 bits per heavy atom. The zero-order valence-electron chi connectivity index (χ0n) is 17.8. The van der Waals surface area contributed by atoms with Crippen molar-refractivity contribution in [1.29, 1.82) is 0 Å². The van der Waals surface area contributed by atoms with E-state index >= 15 is 0 Å². The summed E-state index contributed by atoms with van der Waals surface area (Å²) in [5, 5.41) is 12.9. The van der Waals surface area contributed by atoms with Gasteiger partial charge in [-0.2, -0.15) is 0 Å². The maximum absolute atomic E-state index is 12.8. The highest BCUT2D eigenvalue weighted by atomic mass is 16.5. The van der Waals surface area contributed by atoms with Gasteiger partial charge in [0.2, 0.25) is 5.91 Å². The molecule has 3 aromatic carbocycles. The Kier molecular flexibility index (Phi) is 6.68. The van der Waals surface area contributed by atoms with E-state index in [0.717, 1.165) is 40.8 Å². The summed E-state index contributed by atoms with van der Waals surface area (Å²) in [4.78, 5) is 12.8. The average Bonchev–Trinajstić information content (AvgIpc) is 2.78. The molecule has 1 amide bonds. The Morgan fingerprint density at radius 3 is 2.10 bits per heavy atom. The molecule has 3 aromatic rings. The van der Waals surface area contributed by atoms with Crippen LogP contribution in [0.1, 0.15) is 49.3 Å². The summed E-state index contributed by atoms with van der Waals surface area (Å²) in [6.07, 6.45) is 3.92. The SMILES string of the molecule is C[C@@H](NC(=O)[C@H](CO)c1ccc(-c2ccc(OC3CCC3)cc2)cc1)c1ccccc1. The molecule has 160 valence electrons. The highest BCUT2D eigenvalue weighted by Crippen LogP contribution is 2.28. The fourth-order valence-corrected chi connectivity index (χ4v) is 3.79. The molecular weight excluding hydrogens is 386 g/mol. The van der Waals surface area contributed by atoms with Gasteiger partial charge in [-0.25, -0.2) is 0 Å². The van der Waals surface area contributed by atoms with Gasteiger partial charge >= 0.3 is 0 Å². The first-order valence-electron chi connectivity index (χ1n) is 11.0. The van der Waals surface area contributed by atoms with E-state index in [-0.39, 0.29) is 18.6 Å². The number of nitrogens with one attached hydrogen (secondary N) is 1. The van der Waals surface area contributed by atoms with Crippen LogP contribution in [0.25, 0.3) is 11.1 Å². The molecule has 4 heteroatoms. The number of hydrogen-bond acceptors (Lipinski definition) is 3. The van der Waals surface area contributed by atoms with E-state index in [9.17, 15) is 9.90 Å². The Balaban J connectivity index is 1.41. The van der Waals surface area contributed by atoms with Crippen LogP contribution in [-0.2, 0) is 4.79 Å². The van der Waals surface area contributed by atoms with Gasteiger partial charge in [0.1, 0.15) is 5.75 Å². The number of aliphatic hydroxyl groups excluding tert-OH is 1. The lowest BCUT2D eigenvalue weighted by Gasteiger charge is -2.26. The van der Waals surface area contributed by atoms with Crippen molar-refractivity contribution < 1.29 is 14.6 Å². The first kappa shape index (κ1) is 21.1. The Labute approximate surface area is 183 Å². The standard InChI is InChI=1S/C27H29NO3/c1-19(20-6-3-2-4-7-20)28-27(30)26(18-29)23-12-10-21(11-13-23)22-14-16-25(17-15-22)31-24-8-5-9-24/h2-4,6-7,10-17,19,24,26,29H,5,8-9,18H2,1H3,(H,28,30)/t19-,26-/m1/s1. The molecule has 0 aromatic heterocycles. The number of carbonyl (C=O) groups is 1. The summed E-state index contributed by atoms with van der Waals surface area (Å²) >= 11 is 0. The van der Waals surface area contributed by atoms with Crippen LogP contribution in [0.3, 0.4) is 0 Å². The number of benzene rings is 3. The average molecular weight is 416 g/mol. The molecule has 0 unspecified atom stereocenters. The second-order valence-electron chi connectivity index (χ2n) is 8.19. The van der Waals surface area contributed by atoms with E-state index in [0.29, 0.717) is 6.10 Å². The first-order valence-corrected chi connectivity index (χ1v) is 11.0. The minimum absolute atomic E-state index is 0.123. The lowest BCUT2D eigenvalue weighted by Crippen LogP contribution is -2.33. The summed E-state index contributed by atoms with van der Waals surface area (Å²) in [5.41, 5.74) is 3.99. The van der Waals surface area contributed by atoms with Crippen molar-refractivity contribution in [3.63, 3.8) is 0 Å². The van der Waals surface area contributed by atoms with Crippen LogP contribution in [0.4, 0.5) is 0 Å². The molecule has 2 N–H and O–H groups in total. The van der Waals surface area contributed by atoms with Crippen LogP contribution in [0.2, 0.25) is 0 Å². The van der Waals surface area contributed by atoms with E-state index in [1.165, 1.54) is 6.42 Å². The summed E-state index contributed by atoms with van der Waals surface area (Å²) in [6.45, 7) is 1.71. The molecule has 0 heterocycles. The molecule has 4 rings (SSSR count). The molecule has 0 bridgehead atoms. The van der Waals surface area contributed by atoms with Crippen molar-refractivity contribution >= 4 is 5.91 Å². The molecule has 1 saturated carbocycles. The van der Waals surface area contributed by atoms with Crippen LogP contribution in [0.15, 0.2) is 78.9 Å². The molecule has 1 aliphatic carbocycles. The fourth-order valence-electron chi connectivity index (χ4n) is 3.79. The van der Waals surface area contributed by atoms with E-state index in [1.807, 2.05) is 73.7 Å². The number of hydrogen-bond donors (Lipinski definition) is 2. The molecule has 0 saturated heterocycles. The van der Waals surface area contributed by atoms with Crippen molar-refractivity contribution in [2.75, 3.05) is 6.61 Å². The number of amides is 1. The second-order valence-corrected chi connectivity index (χ2v) is 8.19. The third-order valence-corrected chi connectivity index (χ3v) is 6.01. The third kappa shape index (κ3) is 5.15. The zero-order valence-corrected chi connectivity index (χ0v) is 17.8. The third-order valence-electron chi connectivity index (χ3n) is 6.01. The van der Waals surface area contributed by atoms with Gasteiger partial charge in [0.15, 0.2) is 0 Å². The normalized spacial score (nSPS) is 15.5. The molecule has 0 spiro atoms. The Morgan fingerprint density at radius 1 is 0.935 bits per heavy atom. The van der Waals surface area contributed by atoms with Crippen LogP contribution < -0.4 is 10.1 Å². The van der Waals surface area contributed by atoms with Crippen LogP contribution in [0, 0.1) is 0 Å². The van der Waals surface area contributed by atoms with Gasteiger partial charge in [-0.15, -0.1) is 0 Å². The quantitative estimate of drug-likeness (QED) is 0.529. The molecule has 4 nitrogen and oxygen atoms in total. The van der Waals surface area contributed by atoms with Gasteiger partial charge in [-0.1, -0.05) is 66.7 Å². The van der Waals surface area contributed by atoms with Gasteiger partial charge in [-0.05, 0) is 60.6 Å². The van der Waals surface area contributed by atoms with Crippen LogP contribution in [0.5, 0.6) is 5.75 Å². The van der Waals surface area contributed by atoms with Crippen LogP contribution >= 0.6 is 0 Å². The summed E-state index contributed by atoms with van der Waals surface area (Å²) in [6, 6.07) is 25.7. The minimum Gasteiger partial charge on any atom is -0.490 e. The van der Waals surface area contributed by atoms with E-state index in [2.05, 4.69) is 17.4 Å². The van der Waals surface area contributed by atoms with Gasteiger partial charge in [-0.3, -0.25) is 4.79 Å². The van der Waals surface area contributed by atoms with Crippen molar-refractivity contribution in [3.05, 3.63) is 90.0 Å². The lowest BCUT2D eigenvalue weighted by molar-refractivity contribution is -0.124. The van der Waals surface area contributed by atoms with Crippen molar-refractivity contribution in [3.8, 4) is 16.9 Å². The number of aliphatic hydroxyl groups is 1. The maximum atomic E-state index is 12.8. The molecule has 2 atom stereocenters. The largest absolute Gasteiger partial charge is 0.490 e. The van der Waals surface area contributed by atoms with Crippen molar-refractivity contribution in [2.45, 2.75) is 44.2 Å². The van der Waals surface area contributed by atoms with Gasteiger partial charge in [0.25, 0.3) is 0 Å². The number of ether oxygens (including phenoxy) is 1. The van der Waals surface area contributed by atoms with Gasteiger partial charge < -0.3 is 15.2 Å². The first-order chi connectivity index (χ1) is 15.1. The number of rotatable bonds is 8. The Hall–Kier alpha value is -3.11. The smallest absolute Gasteiger partial charge is 0.230 e. The van der Waals surface area contributed by atoms with Crippen LogP contribution in [-0.4, -0.2) is 23.7 Å². The molecule has 1 aliphatic rings. The monoisotopic (exact) mass is 415 g/mol.